The molecule has 0 spiro atoms. The number of benzene rings is 3. The van der Waals surface area contributed by atoms with Crippen LogP contribution in [0, 0.1) is 0 Å². The summed E-state index contributed by atoms with van der Waals surface area (Å²) in [5.74, 6) is 0.207. The average molecular weight is 406 g/mol. The topological polar surface area (TPSA) is 62.1 Å². The summed E-state index contributed by atoms with van der Waals surface area (Å²) in [5, 5.41) is 12.6. The lowest BCUT2D eigenvalue weighted by molar-refractivity contribution is -0.0542. The maximum Gasteiger partial charge on any atom is 0.257 e. The number of rotatable bonds is 3. The Morgan fingerprint density at radius 2 is 1.97 bits per heavy atom. The van der Waals surface area contributed by atoms with Gasteiger partial charge in [-0.2, -0.15) is 0 Å². The minimum Gasteiger partial charge on any atom is -0.486 e. The number of carbonyl (C=O) groups is 1. The number of hydrogen-bond acceptors (Lipinski definition) is 4. The molecule has 0 aliphatic carbocycles. The molecule has 0 fully saturated rings. The van der Waals surface area contributed by atoms with E-state index in [1.807, 2.05) is 12.1 Å². The van der Waals surface area contributed by atoms with Gasteiger partial charge in [0.05, 0.1) is 1.37 Å². The van der Waals surface area contributed by atoms with Gasteiger partial charge in [0, 0.05) is 34.5 Å². The summed E-state index contributed by atoms with van der Waals surface area (Å²) in [7, 11) is 0. The van der Waals surface area contributed by atoms with Crippen molar-refractivity contribution in [2.75, 3.05) is 6.58 Å². The first-order valence-corrected chi connectivity index (χ1v) is 9.50. The van der Waals surface area contributed by atoms with Crippen molar-refractivity contribution in [2.24, 2.45) is 4.99 Å². The van der Waals surface area contributed by atoms with E-state index in [1.165, 1.54) is 11.1 Å². The zero-order valence-corrected chi connectivity index (χ0v) is 16.0. The predicted molar refractivity (Wildman–Crippen MR) is 111 cm³/mol. The Morgan fingerprint density at radius 3 is 2.79 bits per heavy atom. The van der Waals surface area contributed by atoms with Gasteiger partial charge in [-0.3, -0.25) is 14.7 Å². The Labute approximate surface area is 174 Å². The lowest BCUT2D eigenvalue weighted by atomic mass is 9.93. The first kappa shape index (κ1) is 16.8. The summed E-state index contributed by atoms with van der Waals surface area (Å²) in [6.45, 7) is -0.658. The van der Waals surface area contributed by atoms with Crippen LogP contribution in [-0.4, -0.2) is 28.7 Å². The summed E-state index contributed by atoms with van der Waals surface area (Å²) >= 11 is 5.99. The van der Waals surface area contributed by atoms with Crippen LogP contribution in [0.1, 0.15) is 28.4 Å². The molecule has 0 aromatic heterocycles. The van der Waals surface area contributed by atoms with E-state index in [0.29, 0.717) is 33.1 Å². The molecule has 2 unspecified atom stereocenters. The van der Waals surface area contributed by atoms with Crippen LogP contribution in [0.2, 0.25) is 5.02 Å². The molecule has 2 heterocycles. The largest absolute Gasteiger partial charge is 0.486 e. The minimum absolute atomic E-state index is 0.201. The van der Waals surface area contributed by atoms with Crippen LogP contribution >= 0.6 is 11.6 Å². The van der Waals surface area contributed by atoms with Gasteiger partial charge in [0.25, 0.3) is 5.91 Å². The molecule has 0 saturated heterocycles. The molecule has 2 aliphatic rings. The van der Waals surface area contributed by atoms with Crippen molar-refractivity contribution in [1.29, 1.82) is 0 Å². The highest BCUT2D eigenvalue weighted by Gasteiger charge is 2.49. The fourth-order valence-electron chi connectivity index (χ4n) is 3.83. The zero-order valence-electron chi connectivity index (χ0n) is 16.2. The van der Waals surface area contributed by atoms with Crippen molar-refractivity contribution in [3.8, 4) is 5.75 Å². The highest BCUT2D eigenvalue weighted by Crippen LogP contribution is 2.45. The van der Waals surface area contributed by atoms with Gasteiger partial charge < -0.3 is 9.84 Å². The second-order valence-electron chi connectivity index (χ2n) is 6.95. The Kier molecular flexibility index (Phi) is 3.89. The second kappa shape index (κ2) is 6.72. The van der Waals surface area contributed by atoms with E-state index in [1.54, 1.807) is 54.6 Å². The average Bonchev–Trinajstić information content (AvgIpc) is 2.98. The van der Waals surface area contributed by atoms with Gasteiger partial charge in [-0.15, -0.1) is 0 Å². The number of aliphatic hydroxyl groups is 1. The van der Waals surface area contributed by atoms with E-state index >= 15 is 0 Å². The number of carbonyl (C=O) groups excluding carboxylic acids is 1. The van der Waals surface area contributed by atoms with Gasteiger partial charge in [-0.1, -0.05) is 48.0 Å². The first-order valence-electron chi connectivity index (χ1n) is 9.70. The molecule has 5 nitrogen and oxygen atoms in total. The lowest BCUT2D eigenvalue weighted by Gasteiger charge is -2.35. The van der Waals surface area contributed by atoms with Crippen LogP contribution in [0.5, 0.6) is 5.75 Å². The molecule has 1 N–H and O–H groups in total. The highest BCUT2D eigenvalue weighted by molar-refractivity contribution is 6.30. The number of hydrogen-bond donors (Lipinski definition) is 1. The van der Waals surface area contributed by atoms with E-state index in [4.69, 9.17) is 17.7 Å². The van der Waals surface area contributed by atoms with Gasteiger partial charge in [-0.05, 0) is 35.9 Å². The lowest BCUT2D eigenvalue weighted by Crippen LogP contribution is -2.44. The smallest absolute Gasteiger partial charge is 0.257 e. The Balaban J connectivity index is 1.63. The van der Waals surface area contributed by atoms with E-state index in [0.717, 1.165) is 5.56 Å². The molecule has 3 aromatic carbocycles. The third-order valence-corrected chi connectivity index (χ3v) is 5.51. The fraction of sp³-hybridized carbons (Fsp3) is 0.130. The second-order valence-corrected chi connectivity index (χ2v) is 7.39. The monoisotopic (exact) mass is 405 g/mol. The summed E-state index contributed by atoms with van der Waals surface area (Å²) in [6.07, 6.45) is 1.38. The van der Waals surface area contributed by atoms with Crippen LogP contribution in [0.3, 0.4) is 0 Å². The SMILES string of the molecule is [2H]C1C=Nc2cc(C3(O)c4ccccc4C(=O)N3Cc3ccc(Cl)cc3)ccc2O1. The molecule has 1 amide bonds. The van der Waals surface area contributed by atoms with E-state index in [9.17, 15) is 9.90 Å². The molecule has 3 aromatic rings. The molecule has 0 bridgehead atoms. The van der Waals surface area contributed by atoms with Crippen molar-refractivity contribution in [3.63, 3.8) is 0 Å². The van der Waals surface area contributed by atoms with Crippen LogP contribution in [-0.2, 0) is 12.3 Å². The van der Waals surface area contributed by atoms with Crippen LogP contribution in [0.25, 0.3) is 0 Å². The van der Waals surface area contributed by atoms with E-state index in [-0.39, 0.29) is 12.5 Å². The normalized spacial score (nSPS) is 22.7. The quantitative estimate of drug-likeness (QED) is 0.707. The van der Waals surface area contributed by atoms with Crippen molar-refractivity contribution in [3.05, 3.63) is 94.0 Å². The summed E-state index contributed by atoms with van der Waals surface area (Å²) in [5.41, 5.74) is 1.15. The van der Waals surface area contributed by atoms with Crippen molar-refractivity contribution >= 4 is 29.4 Å². The van der Waals surface area contributed by atoms with Crippen molar-refractivity contribution in [1.82, 2.24) is 4.90 Å². The summed E-state index contributed by atoms with van der Waals surface area (Å²) < 4.78 is 13.1. The third kappa shape index (κ3) is 2.82. The minimum atomic E-state index is -1.67. The van der Waals surface area contributed by atoms with Crippen molar-refractivity contribution < 1.29 is 16.0 Å². The standard InChI is InChI=1S/C23H17ClN2O3/c24-17-8-5-15(6-9-17)14-26-22(27)18-3-1-2-4-19(18)23(26,28)16-7-10-21-20(13-16)25-11-12-29-21/h1-11,13,28H,12,14H2/i12D. The number of fused-ring (bicyclic) bond motifs is 2. The summed E-state index contributed by atoms with van der Waals surface area (Å²) in [4.78, 5) is 19.0. The Hall–Kier alpha value is -3.15. The van der Waals surface area contributed by atoms with E-state index < -0.39 is 12.3 Å². The Morgan fingerprint density at radius 1 is 1.17 bits per heavy atom. The molecule has 6 heteroatoms. The molecule has 2 aliphatic heterocycles. The number of amides is 1. The van der Waals surface area contributed by atoms with Crippen LogP contribution < -0.4 is 4.74 Å². The van der Waals surface area contributed by atoms with Gasteiger partial charge >= 0.3 is 0 Å². The van der Waals surface area contributed by atoms with Gasteiger partial charge in [0.2, 0.25) is 0 Å². The number of ether oxygens (including phenoxy) is 1. The maximum absolute atomic E-state index is 13.2. The van der Waals surface area contributed by atoms with Gasteiger partial charge in [0.15, 0.2) is 5.72 Å². The molecular weight excluding hydrogens is 388 g/mol. The molecule has 5 rings (SSSR count). The molecule has 29 heavy (non-hydrogen) atoms. The highest BCUT2D eigenvalue weighted by atomic mass is 35.5. The molecule has 0 radical (unpaired) electrons. The fourth-order valence-corrected chi connectivity index (χ4v) is 3.96. The maximum atomic E-state index is 13.2. The molecular formula is C23H17ClN2O3. The Bertz CT molecular complexity index is 1180. The van der Waals surface area contributed by atoms with Gasteiger partial charge in [-0.25, -0.2) is 0 Å². The third-order valence-electron chi connectivity index (χ3n) is 5.25. The molecule has 2 atom stereocenters. The van der Waals surface area contributed by atoms with Crippen molar-refractivity contribution in [2.45, 2.75) is 12.3 Å². The number of halogens is 1. The van der Waals surface area contributed by atoms with Crippen LogP contribution in [0.15, 0.2) is 71.7 Å². The molecule has 0 saturated carbocycles. The zero-order chi connectivity index (χ0) is 20.9. The first-order chi connectivity index (χ1) is 14.5. The van der Waals surface area contributed by atoms with E-state index in [2.05, 4.69) is 4.99 Å². The molecule has 144 valence electrons. The predicted octanol–water partition coefficient (Wildman–Crippen LogP) is 4.28. The number of aliphatic imine (C=N–C) groups is 1. The van der Waals surface area contributed by atoms with Crippen LogP contribution in [0.4, 0.5) is 5.69 Å². The van der Waals surface area contributed by atoms with Gasteiger partial charge in [0.1, 0.15) is 18.0 Å². The number of nitrogens with zero attached hydrogens (tertiary/aromatic N) is 2. The summed E-state index contributed by atoms with van der Waals surface area (Å²) in [6, 6.07) is 19.3.